The van der Waals surface area contributed by atoms with E-state index >= 15 is 0 Å². The predicted molar refractivity (Wildman–Crippen MR) is 87.4 cm³/mol. The Morgan fingerprint density at radius 1 is 1.10 bits per heavy atom. The molecule has 0 fully saturated rings. The van der Waals surface area contributed by atoms with Gasteiger partial charge >= 0.3 is 0 Å². The summed E-state index contributed by atoms with van der Waals surface area (Å²) < 4.78 is 0. The maximum atomic E-state index is 4.71. The summed E-state index contributed by atoms with van der Waals surface area (Å²) in [6, 6.07) is 8.72. The molecule has 0 amide bonds. The lowest BCUT2D eigenvalue weighted by atomic mass is 10.1. The Kier molecular flexibility index (Phi) is 4.61. The van der Waals surface area contributed by atoms with Crippen LogP contribution in [0, 0.1) is 13.8 Å². The fourth-order valence-corrected chi connectivity index (χ4v) is 3.00. The van der Waals surface area contributed by atoms with E-state index in [0.717, 1.165) is 18.7 Å². The first-order valence-electron chi connectivity index (χ1n) is 7.09. The van der Waals surface area contributed by atoms with Crippen LogP contribution in [0.5, 0.6) is 0 Å². The number of aromatic nitrogens is 1. The van der Waals surface area contributed by atoms with Crippen LogP contribution < -0.4 is 5.32 Å². The second kappa shape index (κ2) is 6.06. The average Bonchev–Trinajstić information content (AvgIpc) is 2.69. The highest BCUT2D eigenvalue weighted by atomic mass is 32.1. The summed E-state index contributed by atoms with van der Waals surface area (Å²) >= 11 is 1.83. The van der Waals surface area contributed by atoms with Crippen LogP contribution in [0.3, 0.4) is 0 Å². The second-order valence-electron chi connectivity index (χ2n) is 6.38. The van der Waals surface area contributed by atoms with E-state index in [1.807, 2.05) is 11.3 Å². The predicted octanol–water partition coefficient (Wildman–Crippen LogP) is 4.24. The van der Waals surface area contributed by atoms with Crippen molar-refractivity contribution >= 4 is 11.3 Å². The smallest absolute Gasteiger partial charge is 0.0975 e. The number of thiazole rings is 1. The molecule has 0 unspecified atom stereocenters. The highest BCUT2D eigenvalue weighted by molar-refractivity contribution is 7.11. The molecule has 0 saturated carbocycles. The van der Waals surface area contributed by atoms with E-state index in [-0.39, 0.29) is 5.54 Å². The van der Waals surface area contributed by atoms with Gasteiger partial charge in [0.1, 0.15) is 0 Å². The molecule has 1 heterocycles. The third-order valence-electron chi connectivity index (χ3n) is 3.19. The van der Waals surface area contributed by atoms with Gasteiger partial charge < -0.3 is 5.32 Å². The van der Waals surface area contributed by atoms with Crippen molar-refractivity contribution < 1.29 is 0 Å². The minimum Gasteiger partial charge on any atom is -0.307 e. The minimum atomic E-state index is 0.146. The maximum Gasteiger partial charge on any atom is 0.0975 e. The van der Waals surface area contributed by atoms with Gasteiger partial charge in [0.05, 0.1) is 10.7 Å². The molecule has 2 nitrogen and oxygen atoms in total. The number of hydrogen-bond acceptors (Lipinski definition) is 3. The number of rotatable bonds is 4. The molecule has 108 valence electrons. The van der Waals surface area contributed by atoms with Gasteiger partial charge in [-0.1, -0.05) is 29.8 Å². The third kappa shape index (κ3) is 4.43. The molecule has 1 aromatic carbocycles. The Hall–Kier alpha value is -1.19. The lowest BCUT2D eigenvalue weighted by Crippen LogP contribution is -2.34. The topological polar surface area (TPSA) is 24.9 Å². The van der Waals surface area contributed by atoms with Crippen molar-refractivity contribution in [3.63, 3.8) is 0 Å². The van der Waals surface area contributed by atoms with E-state index in [9.17, 15) is 0 Å². The molecule has 0 radical (unpaired) electrons. The number of hydrogen-bond donors (Lipinski definition) is 1. The maximum absolute atomic E-state index is 4.71. The van der Waals surface area contributed by atoms with Crippen LogP contribution in [0.2, 0.25) is 0 Å². The summed E-state index contributed by atoms with van der Waals surface area (Å²) in [6.07, 6.45) is 0.932. The van der Waals surface area contributed by atoms with E-state index in [1.165, 1.54) is 21.0 Å². The van der Waals surface area contributed by atoms with Crippen LogP contribution in [0.4, 0.5) is 0 Å². The van der Waals surface area contributed by atoms with E-state index < -0.39 is 0 Å². The standard InChI is InChI=1S/C17H24N2S/c1-12-6-8-14(9-7-12)10-16-19-13(2)15(20-16)11-18-17(3,4)5/h6-9,18H,10-11H2,1-5H3. The molecule has 0 saturated heterocycles. The van der Waals surface area contributed by atoms with Gasteiger partial charge in [-0.25, -0.2) is 4.98 Å². The monoisotopic (exact) mass is 288 g/mol. The van der Waals surface area contributed by atoms with E-state index in [1.54, 1.807) is 0 Å². The summed E-state index contributed by atoms with van der Waals surface area (Å²) in [6.45, 7) is 11.7. The van der Waals surface area contributed by atoms with Gasteiger partial charge in [0.2, 0.25) is 0 Å². The molecule has 0 bridgehead atoms. The molecule has 2 rings (SSSR count). The van der Waals surface area contributed by atoms with Crippen LogP contribution in [0.1, 0.15) is 47.5 Å². The van der Waals surface area contributed by atoms with Crippen LogP contribution in [0.15, 0.2) is 24.3 Å². The SMILES string of the molecule is Cc1ccc(Cc2nc(C)c(CNC(C)(C)C)s2)cc1. The van der Waals surface area contributed by atoms with E-state index in [2.05, 4.69) is 64.2 Å². The Labute approximate surface area is 126 Å². The van der Waals surface area contributed by atoms with Gasteiger partial charge in [0, 0.05) is 23.4 Å². The molecule has 1 N–H and O–H groups in total. The molecule has 1 aromatic heterocycles. The van der Waals surface area contributed by atoms with Crippen molar-refractivity contribution in [2.45, 2.75) is 53.1 Å². The Morgan fingerprint density at radius 3 is 2.35 bits per heavy atom. The van der Waals surface area contributed by atoms with Crippen molar-refractivity contribution in [2.75, 3.05) is 0 Å². The fourth-order valence-electron chi connectivity index (χ4n) is 1.95. The van der Waals surface area contributed by atoms with Crippen molar-refractivity contribution in [2.24, 2.45) is 0 Å². The summed E-state index contributed by atoms with van der Waals surface area (Å²) in [5.41, 5.74) is 3.95. The van der Waals surface area contributed by atoms with Gasteiger partial charge in [-0.05, 0) is 40.2 Å². The van der Waals surface area contributed by atoms with Crippen molar-refractivity contribution in [1.82, 2.24) is 10.3 Å². The van der Waals surface area contributed by atoms with Gasteiger partial charge in [-0.3, -0.25) is 0 Å². The summed E-state index contributed by atoms with van der Waals surface area (Å²) in [5, 5.41) is 4.74. The normalized spacial score (nSPS) is 11.8. The van der Waals surface area contributed by atoms with Gasteiger partial charge in [-0.15, -0.1) is 11.3 Å². The number of benzene rings is 1. The van der Waals surface area contributed by atoms with Crippen molar-refractivity contribution in [3.05, 3.63) is 51.0 Å². The first-order valence-corrected chi connectivity index (χ1v) is 7.91. The zero-order valence-electron chi connectivity index (χ0n) is 13.1. The Balaban J connectivity index is 2.05. The summed E-state index contributed by atoms with van der Waals surface area (Å²) in [5.74, 6) is 0. The van der Waals surface area contributed by atoms with Crippen molar-refractivity contribution in [1.29, 1.82) is 0 Å². The number of nitrogens with zero attached hydrogens (tertiary/aromatic N) is 1. The minimum absolute atomic E-state index is 0.146. The molecule has 0 aliphatic heterocycles. The Morgan fingerprint density at radius 2 is 1.75 bits per heavy atom. The van der Waals surface area contributed by atoms with Crippen LogP contribution >= 0.6 is 11.3 Å². The molecular weight excluding hydrogens is 264 g/mol. The Bertz CT molecular complexity index is 562. The van der Waals surface area contributed by atoms with Gasteiger partial charge in [0.25, 0.3) is 0 Å². The molecule has 20 heavy (non-hydrogen) atoms. The first-order chi connectivity index (χ1) is 9.33. The number of aryl methyl sites for hydroxylation is 2. The summed E-state index contributed by atoms with van der Waals surface area (Å²) in [7, 11) is 0. The lowest BCUT2D eigenvalue weighted by Gasteiger charge is -2.19. The highest BCUT2D eigenvalue weighted by Gasteiger charge is 2.12. The molecule has 0 aliphatic rings. The average molecular weight is 288 g/mol. The molecule has 3 heteroatoms. The quantitative estimate of drug-likeness (QED) is 0.910. The van der Waals surface area contributed by atoms with Crippen LogP contribution in [0.25, 0.3) is 0 Å². The molecular formula is C17H24N2S. The number of nitrogens with one attached hydrogen (secondary N) is 1. The van der Waals surface area contributed by atoms with Crippen LogP contribution in [-0.4, -0.2) is 10.5 Å². The zero-order valence-corrected chi connectivity index (χ0v) is 13.9. The van der Waals surface area contributed by atoms with E-state index in [4.69, 9.17) is 4.98 Å². The van der Waals surface area contributed by atoms with Gasteiger partial charge in [0.15, 0.2) is 0 Å². The molecule has 0 aliphatic carbocycles. The van der Waals surface area contributed by atoms with E-state index in [0.29, 0.717) is 0 Å². The van der Waals surface area contributed by atoms with Gasteiger partial charge in [-0.2, -0.15) is 0 Å². The third-order valence-corrected chi connectivity index (χ3v) is 4.35. The zero-order chi connectivity index (χ0) is 14.8. The lowest BCUT2D eigenvalue weighted by molar-refractivity contribution is 0.425. The summed E-state index contributed by atoms with van der Waals surface area (Å²) in [4.78, 5) is 6.06. The molecule has 0 spiro atoms. The molecule has 2 aromatic rings. The largest absolute Gasteiger partial charge is 0.307 e. The highest BCUT2D eigenvalue weighted by Crippen LogP contribution is 2.21. The fraction of sp³-hybridized carbons (Fsp3) is 0.471. The first kappa shape index (κ1) is 15.2. The second-order valence-corrected chi connectivity index (χ2v) is 7.55. The van der Waals surface area contributed by atoms with Crippen LogP contribution in [-0.2, 0) is 13.0 Å². The van der Waals surface area contributed by atoms with Crippen molar-refractivity contribution in [3.8, 4) is 0 Å². The molecule has 0 atom stereocenters.